The highest BCUT2D eigenvalue weighted by molar-refractivity contribution is 5.75. The number of carbonyl (C=O) groups excluding carboxylic acids is 1. The van der Waals surface area contributed by atoms with Gasteiger partial charge < -0.3 is 4.74 Å². The van der Waals surface area contributed by atoms with Gasteiger partial charge in [0.15, 0.2) is 0 Å². The third kappa shape index (κ3) is 2.29. The topological polar surface area (TPSA) is 26.3 Å². The number of hydrogen-bond acceptors (Lipinski definition) is 2. The molecule has 0 unspecified atom stereocenters. The van der Waals surface area contributed by atoms with Gasteiger partial charge in [-0.25, -0.2) is 0 Å². The van der Waals surface area contributed by atoms with Crippen molar-refractivity contribution in [3.8, 4) is 12.3 Å². The molecule has 0 aromatic heterocycles. The van der Waals surface area contributed by atoms with Gasteiger partial charge in [-0.15, -0.1) is 6.42 Å². The Morgan fingerprint density at radius 2 is 2.21 bits per heavy atom. The van der Waals surface area contributed by atoms with E-state index in [1.54, 1.807) is 0 Å². The van der Waals surface area contributed by atoms with Crippen LogP contribution in [0.15, 0.2) is 0 Å². The molecule has 78 valence electrons. The second-order valence-corrected chi connectivity index (χ2v) is 3.95. The van der Waals surface area contributed by atoms with E-state index in [-0.39, 0.29) is 23.9 Å². The Hall–Kier alpha value is -0.970. The molecule has 1 saturated heterocycles. The lowest BCUT2D eigenvalue weighted by Crippen LogP contribution is -2.17. The number of cyclic esters (lactones) is 1. The SMILES string of the molecule is C#C[C@@H]1[C@H](C)C(=O)O[C@@H]1CCCCC. The molecule has 0 amide bonds. The summed E-state index contributed by atoms with van der Waals surface area (Å²) in [7, 11) is 0. The number of esters is 1. The van der Waals surface area contributed by atoms with Crippen LogP contribution in [0.5, 0.6) is 0 Å². The minimum absolute atomic E-state index is 0.0145. The van der Waals surface area contributed by atoms with Crippen LogP contribution in [-0.2, 0) is 9.53 Å². The Kier molecular flexibility index (Phi) is 4.00. The first-order valence-electron chi connectivity index (χ1n) is 5.37. The molecule has 0 saturated carbocycles. The largest absolute Gasteiger partial charge is 0.461 e. The molecule has 2 heteroatoms. The standard InChI is InChI=1S/C12H18O2/c1-4-6-7-8-11-10(5-2)9(3)12(13)14-11/h2,9-11H,4,6-8H2,1,3H3/t9-,10+,11+/m0/s1. The maximum absolute atomic E-state index is 11.3. The van der Waals surface area contributed by atoms with Gasteiger partial charge in [-0.05, 0) is 12.8 Å². The zero-order valence-corrected chi connectivity index (χ0v) is 8.95. The third-order valence-corrected chi connectivity index (χ3v) is 2.86. The van der Waals surface area contributed by atoms with Crippen LogP contribution in [0.25, 0.3) is 0 Å². The lowest BCUT2D eigenvalue weighted by Gasteiger charge is -2.13. The summed E-state index contributed by atoms with van der Waals surface area (Å²) in [6.07, 6.45) is 9.74. The lowest BCUT2D eigenvalue weighted by molar-refractivity contribution is -0.144. The highest BCUT2D eigenvalue weighted by Gasteiger charge is 2.39. The van der Waals surface area contributed by atoms with E-state index in [4.69, 9.17) is 11.2 Å². The van der Waals surface area contributed by atoms with Crippen molar-refractivity contribution >= 4 is 5.97 Å². The van der Waals surface area contributed by atoms with Gasteiger partial charge in [-0.2, -0.15) is 0 Å². The maximum atomic E-state index is 11.3. The van der Waals surface area contributed by atoms with E-state index in [1.807, 2.05) is 6.92 Å². The highest BCUT2D eigenvalue weighted by Crippen LogP contribution is 2.30. The summed E-state index contributed by atoms with van der Waals surface area (Å²) >= 11 is 0. The fourth-order valence-electron chi connectivity index (χ4n) is 1.88. The quantitative estimate of drug-likeness (QED) is 0.390. The van der Waals surface area contributed by atoms with Gasteiger partial charge in [-0.3, -0.25) is 4.79 Å². The van der Waals surface area contributed by atoms with E-state index in [1.165, 1.54) is 12.8 Å². The number of ether oxygens (including phenoxy) is 1. The van der Waals surface area contributed by atoms with Crippen LogP contribution in [0.1, 0.15) is 39.5 Å². The summed E-state index contributed by atoms with van der Waals surface area (Å²) in [6.45, 7) is 4.01. The predicted octanol–water partition coefficient (Wildman–Crippen LogP) is 2.38. The minimum Gasteiger partial charge on any atom is -0.461 e. The summed E-state index contributed by atoms with van der Waals surface area (Å²) in [5.41, 5.74) is 0. The Morgan fingerprint density at radius 3 is 2.79 bits per heavy atom. The van der Waals surface area contributed by atoms with Crippen LogP contribution in [-0.4, -0.2) is 12.1 Å². The van der Waals surface area contributed by atoms with Crippen molar-refractivity contribution in [2.45, 2.75) is 45.6 Å². The zero-order chi connectivity index (χ0) is 10.6. The van der Waals surface area contributed by atoms with Crippen molar-refractivity contribution in [3.63, 3.8) is 0 Å². The van der Waals surface area contributed by atoms with Gasteiger partial charge in [0.05, 0.1) is 11.8 Å². The number of unbranched alkanes of at least 4 members (excludes halogenated alkanes) is 2. The van der Waals surface area contributed by atoms with Crippen LogP contribution in [0.4, 0.5) is 0 Å². The monoisotopic (exact) mass is 194 g/mol. The Labute approximate surface area is 86.0 Å². The van der Waals surface area contributed by atoms with Crippen LogP contribution in [0.3, 0.4) is 0 Å². The van der Waals surface area contributed by atoms with Crippen molar-refractivity contribution in [1.29, 1.82) is 0 Å². The van der Waals surface area contributed by atoms with Crippen LogP contribution in [0.2, 0.25) is 0 Å². The number of rotatable bonds is 4. The molecule has 0 spiro atoms. The first-order valence-corrected chi connectivity index (χ1v) is 5.37. The average molecular weight is 194 g/mol. The van der Waals surface area contributed by atoms with E-state index in [2.05, 4.69) is 12.8 Å². The van der Waals surface area contributed by atoms with Crippen molar-refractivity contribution in [2.75, 3.05) is 0 Å². The molecule has 2 nitrogen and oxygen atoms in total. The second-order valence-electron chi connectivity index (χ2n) is 3.95. The van der Waals surface area contributed by atoms with Crippen molar-refractivity contribution in [3.05, 3.63) is 0 Å². The van der Waals surface area contributed by atoms with Gasteiger partial charge in [0.1, 0.15) is 6.10 Å². The third-order valence-electron chi connectivity index (χ3n) is 2.86. The Balaban J connectivity index is 2.45. The fourth-order valence-corrected chi connectivity index (χ4v) is 1.88. The summed E-state index contributed by atoms with van der Waals surface area (Å²) in [4.78, 5) is 11.3. The summed E-state index contributed by atoms with van der Waals surface area (Å²) in [6, 6.07) is 0. The smallest absolute Gasteiger partial charge is 0.310 e. The number of terminal acetylenes is 1. The lowest BCUT2D eigenvalue weighted by atomic mass is 9.90. The van der Waals surface area contributed by atoms with Gasteiger partial charge in [0.2, 0.25) is 0 Å². The minimum atomic E-state index is -0.130. The molecular weight excluding hydrogens is 176 g/mol. The first-order chi connectivity index (χ1) is 6.70. The molecule has 3 atom stereocenters. The molecule has 0 aromatic rings. The number of hydrogen-bond donors (Lipinski definition) is 0. The molecule has 0 radical (unpaired) electrons. The van der Waals surface area contributed by atoms with E-state index in [0.717, 1.165) is 12.8 Å². The summed E-state index contributed by atoms with van der Waals surface area (Å²) < 4.78 is 5.24. The Bertz CT molecular complexity index is 239. The number of carbonyl (C=O) groups is 1. The van der Waals surface area contributed by atoms with Gasteiger partial charge >= 0.3 is 5.97 Å². The molecule has 0 N–H and O–H groups in total. The summed E-state index contributed by atoms with van der Waals surface area (Å²) in [5.74, 6) is 2.41. The molecular formula is C12H18O2. The van der Waals surface area contributed by atoms with Crippen LogP contribution in [0, 0.1) is 24.2 Å². The van der Waals surface area contributed by atoms with Gasteiger partial charge in [0, 0.05) is 0 Å². The fraction of sp³-hybridized carbons (Fsp3) is 0.750. The van der Waals surface area contributed by atoms with Gasteiger partial charge in [0.25, 0.3) is 0 Å². The molecule has 1 heterocycles. The van der Waals surface area contributed by atoms with E-state index in [0.29, 0.717) is 0 Å². The summed E-state index contributed by atoms with van der Waals surface area (Å²) in [5, 5.41) is 0. The first kappa shape index (κ1) is 11.1. The predicted molar refractivity (Wildman–Crippen MR) is 55.5 cm³/mol. The van der Waals surface area contributed by atoms with Crippen molar-refractivity contribution in [1.82, 2.24) is 0 Å². The highest BCUT2D eigenvalue weighted by atomic mass is 16.6. The maximum Gasteiger partial charge on any atom is 0.310 e. The molecule has 1 rings (SSSR count). The average Bonchev–Trinajstić information content (AvgIpc) is 2.43. The van der Waals surface area contributed by atoms with Crippen LogP contribution < -0.4 is 0 Å². The van der Waals surface area contributed by atoms with Gasteiger partial charge in [-0.1, -0.05) is 32.6 Å². The molecule has 0 aromatic carbocycles. The molecule has 14 heavy (non-hydrogen) atoms. The molecule has 0 aliphatic carbocycles. The van der Waals surface area contributed by atoms with Crippen LogP contribution >= 0.6 is 0 Å². The molecule has 0 bridgehead atoms. The van der Waals surface area contributed by atoms with Crippen molar-refractivity contribution in [2.24, 2.45) is 11.8 Å². The second kappa shape index (κ2) is 5.05. The van der Waals surface area contributed by atoms with E-state index >= 15 is 0 Å². The molecule has 1 fully saturated rings. The molecule has 1 aliphatic heterocycles. The van der Waals surface area contributed by atoms with E-state index < -0.39 is 0 Å². The molecule has 1 aliphatic rings. The Morgan fingerprint density at radius 1 is 1.50 bits per heavy atom. The normalized spacial score (nSPS) is 31.2. The van der Waals surface area contributed by atoms with Crippen molar-refractivity contribution < 1.29 is 9.53 Å². The van der Waals surface area contributed by atoms with E-state index in [9.17, 15) is 4.79 Å². The zero-order valence-electron chi connectivity index (χ0n) is 8.95.